The Morgan fingerprint density at radius 3 is 2.69 bits per heavy atom. The average molecular weight is 258 g/mol. The Hall–Kier alpha value is -0.730. The standard InChI is InChI=1S/C12H13Cl2NO/c1-8-2-5-12(16)15(8)7-9-3-4-10(13)11(14)6-9/h3-4,6,8H,2,5,7H2,1H3/t8-/m0/s1. The average Bonchev–Trinajstić information content (AvgIpc) is 2.55. The monoisotopic (exact) mass is 257 g/mol. The number of likely N-dealkylation sites (tertiary alicyclic amines) is 1. The second kappa shape index (κ2) is 4.64. The molecular formula is C12H13Cl2NO. The van der Waals surface area contributed by atoms with E-state index in [0.29, 0.717) is 29.1 Å². The van der Waals surface area contributed by atoms with Crippen LogP contribution in [0.15, 0.2) is 18.2 Å². The maximum absolute atomic E-state index is 11.6. The van der Waals surface area contributed by atoms with Crippen LogP contribution in [0, 0.1) is 0 Å². The lowest BCUT2D eigenvalue weighted by Gasteiger charge is -2.21. The summed E-state index contributed by atoms with van der Waals surface area (Å²) in [6.45, 7) is 2.69. The van der Waals surface area contributed by atoms with Gasteiger partial charge in [0.15, 0.2) is 0 Å². The molecule has 0 aliphatic carbocycles. The van der Waals surface area contributed by atoms with Gasteiger partial charge < -0.3 is 4.90 Å². The number of hydrogen-bond donors (Lipinski definition) is 0. The molecule has 86 valence electrons. The van der Waals surface area contributed by atoms with Crippen LogP contribution in [-0.4, -0.2) is 16.8 Å². The third-order valence-corrected chi connectivity index (χ3v) is 3.70. The van der Waals surface area contributed by atoms with Crippen molar-refractivity contribution in [3.05, 3.63) is 33.8 Å². The first-order chi connectivity index (χ1) is 7.58. The van der Waals surface area contributed by atoms with Crippen LogP contribution in [-0.2, 0) is 11.3 Å². The van der Waals surface area contributed by atoms with Gasteiger partial charge in [-0.15, -0.1) is 0 Å². The van der Waals surface area contributed by atoms with Crippen LogP contribution in [0.3, 0.4) is 0 Å². The van der Waals surface area contributed by atoms with E-state index in [0.717, 1.165) is 12.0 Å². The quantitative estimate of drug-likeness (QED) is 0.794. The number of carbonyl (C=O) groups is 1. The van der Waals surface area contributed by atoms with E-state index in [1.54, 1.807) is 6.07 Å². The zero-order chi connectivity index (χ0) is 11.7. The molecule has 1 saturated heterocycles. The molecule has 1 aliphatic rings. The molecule has 0 spiro atoms. The molecule has 1 fully saturated rings. The van der Waals surface area contributed by atoms with Crippen molar-refractivity contribution in [3.63, 3.8) is 0 Å². The molecule has 2 nitrogen and oxygen atoms in total. The first-order valence-corrected chi connectivity index (χ1v) is 6.07. The predicted octanol–water partition coefficient (Wildman–Crippen LogP) is 3.50. The molecule has 4 heteroatoms. The molecule has 0 unspecified atom stereocenters. The molecule has 0 radical (unpaired) electrons. The van der Waals surface area contributed by atoms with Crippen molar-refractivity contribution >= 4 is 29.1 Å². The summed E-state index contributed by atoms with van der Waals surface area (Å²) in [7, 11) is 0. The van der Waals surface area contributed by atoms with Gasteiger partial charge in [-0.2, -0.15) is 0 Å². The maximum Gasteiger partial charge on any atom is 0.223 e. The Balaban J connectivity index is 2.14. The number of nitrogens with zero attached hydrogens (tertiary/aromatic N) is 1. The predicted molar refractivity (Wildman–Crippen MR) is 65.7 cm³/mol. The lowest BCUT2D eigenvalue weighted by molar-refractivity contribution is -0.129. The second-order valence-electron chi connectivity index (χ2n) is 4.16. The van der Waals surface area contributed by atoms with Gasteiger partial charge in [0.05, 0.1) is 10.0 Å². The van der Waals surface area contributed by atoms with Gasteiger partial charge in [-0.25, -0.2) is 0 Å². The minimum Gasteiger partial charge on any atom is -0.336 e. The van der Waals surface area contributed by atoms with E-state index >= 15 is 0 Å². The molecule has 1 aromatic rings. The highest BCUT2D eigenvalue weighted by Crippen LogP contribution is 2.25. The molecule has 0 bridgehead atoms. The van der Waals surface area contributed by atoms with Crippen molar-refractivity contribution in [3.8, 4) is 0 Å². The van der Waals surface area contributed by atoms with Crippen molar-refractivity contribution in [1.29, 1.82) is 0 Å². The van der Waals surface area contributed by atoms with E-state index in [9.17, 15) is 4.79 Å². The SMILES string of the molecule is C[C@H]1CCC(=O)N1Cc1ccc(Cl)c(Cl)c1. The van der Waals surface area contributed by atoms with Crippen LogP contribution in [0.2, 0.25) is 10.0 Å². The molecule has 1 aromatic carbocycles. The van der Waals surface area contributed by atoms with Gasteiger partial charge in [0.2, 0.25) is 5.91 Å². The van der Waals surface area contributed by atoms with Gasteiger partial charge in [0, 0.05) is 19.0 Å². The maximum atomic E-state index is 11.6. The van der Waals surface area contributed by atoms with Gasteiger partial charge in [-0.1, -0.05) is 29.3 Å². The molecule has 1 atom stereocenters. The Bertz CT molecular complexity index is 419. The summed E-state index contributed by atoms with van der Waals surface area (Å²) in [5.74, 6) is 0.221. The van der Waals surface area contributed by atoms with E-state index < -0.39 is 0 Å². The third kappa shape index (κ3) is 2.33. The first-order valence-electron chi connectivity index (χ1n) is 5.31. The molecule has 0 aromatic heterocycles. The molecular weight excluding hydrogens is 245 g/mol. The summed E-state index contributed by atoms with van der Waals surface area (Å²) < 4.78 is 0. The molecule has 0 N–H and O–H groups in total. The minimum absolute atomic E-state index is 0.221. The number of amides is 1. The smallest absolute Gasteiger partial charge is 0.223 e. The number of benzene rings is 1. The van der Waals surface area contributed by atoms with Crippen LogP contribution in [0.4, 0.5) is 0 Å². The van der Waals surface area contributed by atoms with E-state index in [2.05, 4.69) is 6.92 Å². The first kappa shape index (κ1) is 11.7. The summed E-state index contributed by atoms with van der Waals surface area (Å²) in [5.41, 5.74) is 1.02. The number of hydrogen-bond acceptors (Lipinski definition) is 1. The zero-order valence-electron chi connectivity index (χ0n) is 9.04. The normalized spacial score (nSPS) is 20.6. The van der Waals surface area contributed by atoms with Crippen LogP contribution in [0.5, 0.6) is 0 Å². The van der Waals surface area contributed by atoms with Crippen LogP contribution < -0.4 is 0 Å². The van der Waals surface area contributed by atoms with E-state index in [4.69, 9.17) is 23.2 Å². The third-order valence-electron chi connectivity index (χ3n) is 2.97. The summed E-state index contributed by atoms with van der Waals surface area (Å²) in [4.78, 5) is 13.5. The van der Waals surface area contributed by atoms with Crippen LogP contribution in [0.1, 0.15) is 25.3 Å². The van der Waals surface area contributed by atoms with Gasteiger partial charge >= 0.3 is 0 Å². The Labute approximate surface area is 105 Å². The van der Waals surface area contributed by atoms with Crippen molar-refractivity contribution in [2.75, 3.05) is 0 Å². The molecule has 1 amide bonds. The highest BCUT2D eigenvalue weighted by molar-refractivity contribution is 6.42. The summed E-state index contributed by atoms with van der Waals surface area (Å²) in [5, 5.41) is 1.09. The molecule has 2 rings (SSSR count). The summed E-state index contributed by atoms with van der Waals surface area (Å²) in [6.07, 6.45) is 1.60. The van der Waals surface area contributed by atoms with E-state index in [1.165, 1.54) is 0 Å². The Morgan fingerprint density at radius 1 is 1.38 bits per heavy atom. The highest BCUT2D eigenvalue weighted by Gasteiger charge is 2.27. The van der Waals surface area contributed by atoms with Gasteiger partial charge in [0.25, 0.3) is 0 Å². The van der Waals surface area contributed by atoms with Crippen molar-refractivity contribution in [2.24, 2.45) is 0 Å². The number of halogens is 2. The molecule has 1 aliphatic heterocycles. The second-order valence-corrected chi connectivity index (χ2v) is 4.97. The Kier molecular flexibility index (Phi) is 3.41. The number of carbonyl (C=O) groups excluding carboxylic acids is 1. The van der Waals surface area contributed by atoms with E-state index in [1.807, 2.05) is 17.0 Å². The number of rotatable bonds is 2. The fourth-order valence-electron chi connectivity index (χ4n) is 1.96. The highest BCUT2D eigenvalue weighted by atomic mass is 35.5. The van der Waals surface area contributed by atoms with Crippen molar-refractivity contribution in [2.45, 2.75) is 32.4 Å². The van der Waals surface area contributed by atoms with Gasteiger partial charge in [-0.05, 0) is 31.0 Å². The lowest BCUT2D eigenvalue weighted by Crippen LogP contribution is -2.30. The van der Waals surface area contributed by atoms with Crippen molar-refractivity contribution in [1.82, 2.24) is 4.90 Å². The Morgan fingerprint density at radius 2 is 2.12 bits per heavy atom. The molecule has 1 heterocycles. The topological polar surface area (TPSA) is 20.3 Å². The van der Waals surface area contributed by atoms with Gasteiger partial charge in [-0.3, -0.25) is 4.79 Å². The molecule has 0 saturated carbocycles. The largest absolute Gasteiger partial charge is 0.336 e. The van der Waals surface area contributed by atoms with Crippen molar-refractivity contribution < 1.29 is 4.79 Å². The fourth-order valence-corrected chi connectivity index (χ4v) is 2.28. The van der Waals surface area contributed by atoms with Gasteiger partial charge in [0.1, 0.15) is 0 Å². The van der Waals surface area contributed by atoms with Crippen LogP contribution in [0.25, 0.3) is 0 Å². The summed E-state index contributed by atoms with van der Waals surface area (Å²) >= 11 is 11.8. The lowest BCUT2D eigenvalue weighted by atomic mass is 10.2. The zero-order valence-corrected chi connectivity index (χ0v) is 10.6. The summed E-state index contributed by atoms with van der Waals surface area (Å²) in [6, 6.07) is 5.82. The molecule has 16 heavy (non-hydrogen) atoms. The minimum atomic E-state index is 0.221. The fraction of sp³-hybridized carbons (Fsp3) is 0.417. The van der Waals surface area contributed by atoms with E-state index in [-0.39, 0.29) is 5.91 Å². The van der Waals surface area contributed by atoms with Crippen LogP contribution >= 0.6 is 23.2 Å².